The van der Waals surface area contributed by atoms with Crippen LogP contribution in [0.4, 0.5) is 5.69 Å². The Kier molecular flexibility index (Phi) is 4.78. The number of hydrogen-bond donors (Lipinski definition) is 0. The Morgan fingerprint density at radius 3 is 2.69 bits per heavy atom. The van der Waals surface area contributed by atoms with E-state index in [9.17, 15) is 18.0 Å². The Hall–Kier alpha value is -2.74. The van der Waals surface area contributed by atoms with Gasteiger partial charge in [0.2, 0.25) is 10.0 Å². The summed E-state index contributed by atoms with van der Waals surface area (Å²) >= 11 is 0. The van der Waals surface area contributed by atoms with Gasteiger partial charge in [-0.2, -0.15) is 0 Å². The summed E-state index contributed by atoms with van der Waals surface area (Å²) in [6.45, 7) is 1.41. The Balaban J connectivity index is 1.72. The lowest BCUT2D eigenvalue weighted by atomic mass is 10.0. The van der Waals surface area contributed by atoms with Gasteiger partial charge < -0.3 is 4.74 Å². The lowest BCUT2D eigenvalue weighted by molar-refractivity contribution is 0.0469. The largest absolute Gasteiger partial charge is 0.453 e. The molecule has 0 aliphatic carbocycles. The maximum absolute atomic E-state index is 12.3. The summed E-state index contributed by atoms with van der Waals surface area (Å²) in [5, 5.41) is 0. The molecule has 0 spiro atoms. The molecule has 0 bridgehead atoms. The van der Waals surface area contributed by atoms with Crippen molar-refractivity contribution in [3.05, 3.63) is 59.4 Å². The number of esters is 1. The van der Waals surface area contributed by atoms with E-state index in [0.717, 1.165) is 11.8 Å². The second-order valence-electron chi connectivity index (χ2n) is 6.17. The summed E-state index contributed by atoms with van der Waals surface area (Å²) in [5.74, 6) is -1.03. The van der Waals surface area contributed by atoms with Gasteiger partial charge >= 0.3 is 5.97 Å². The number of carbonyl (C=O) groups excluding carboxylic acids is 2. The Bertz CT molecular complexity index is 957. The number of ketones is 1. The molecule has 0 N–H and O–H groups in total. The van der Waals surface area contributed by atoms with Gasteiger partial charge in [0.05, 0.1) is 11.9 Å². The number of benzene rings is 1. The average molecular weight is 374 g/mol. The van der Waals surface area contributed by atoms with Crippen LogP contribution in [0.3, 0.4) is 0 Å². The van der Waals surface area contributed by atoms with E-state index in [0.29, 0.717) is 17.7 Å². The smallest absolute Gasteiger partial charge is 0.357 e. The van der Waals surface area contributed by atoms with Gasteiger partial charge in [-0.3, -0.25) is 9.10 Å². The second kappa shape index (κ2) is 6.87. The van der Waals surface area contributed by atoms with Gasteiger partial charge in [-0.05, 0) is 49.2 Å². The van der Waals surface area contributed by atoms with Crippen LogP contribution >= 0.6 is 0 Å². The zero-order valence-electron chi connectivity index (χ0n) is 14.4. The number of fused-ring (bicyclic) bond motifs is 1. The third-order valence-corrected chi connectivity index (χ3v) is 5.39. The van der Waals surface area contributed by atoms with Crippen molar-refractivity contribution < 1.29 is 22.7 Å². The van der Waals surface area contributed by atoms with Gasteiger partial charge in [0.25, 0.3) is 0 Å². The van der Waals surface area contributed by atoms with Crippen LogP contribution in [0, 0.1) is 0 Å². The molecule has 1 aliphatic rings. The van der Waals surface area contributed by atoms with Crippen LogP contribution in [0.15, 0.2) is 42.6 Å². The van der Waals surface area contributed by atoms with Crippen molar-refractivity contribution in [1.29, 1.82) is 0 Å². The highest BCUT2D eigenvalue weighted by molar-refractivity contribution is 7.92. The highest BCUT2D eigenvalue weighted by atomic mass is 32.2. The number of nitrogens with zero attached hydrogens (tertiary/aromatic N) is 2. The zero-order chi connectivity index (χ0) is 18.9. The molecule has 8 heteroatoms. The van der Waals surface area contributed by atoms with E-state index >= 15 is 0 Å². The lowest BCUT2D eigenvalue weighted by Gasteiger charge is -2.21. The molecule has 0 radical (unpaired) electrons. The Labute approximate surface area is 151 Å². The summed E-state index contributed by atoms with van der Waals surface area (Å²) in [4.78, 5) is 28.0. The van der Waals surface area contributed by atoms with Crippen molar-refractivity contribution in [1.82, 2.24) is 4.98 Å². The van der Waals surface area contributed by atoms with Crippen LogP contribution in [0.2, 0.25) is 0 Å². The molecule has 0 unspecified atom stereocenters. The standard InChI is InChI=1S/C18H18N2O5S/c1-12-9-14-10-13(6-7-16(14)20(12)26(2,23)24)17(21)11-25-18(22)15-5-3-4-8-19-15/h3-8,10,12H,9,11H2,1-2H3/t12-/m0/s1. The molecule has 1 aromatic heterocycles. The molecular weight excluding hydrogens is 356 g/mol. The molecule has 2 heterocycles. The van der Waals surface area contributed by atoms with Crippen molar-refractivity contribution in [2.75, 3.05) is 17.2 Å². The number of ether oxygens (including phenoxy) is 1. The maximum atomic E-state index is 12.3. The molecule has 0 saturated carbocycles. The van der Waals surface area contributed by atoms with Crippen molar-refractivity contribution in [3.8, 4) is 0 Å². The number of pyridine rings is 1. The first-order chi connectivity index (χ1) is 12.3. The molecule has 26 heavy (non-hydrogen) atoms. The van der Waals surface area contributed by atoms with Crippen LogP contribution in [-0.4, -0.2) is 44.1 Å². The van der Waals surface area contributed by atoms with E-state index in [1.54, 1.807) is 30.3 Å². The number of Topliss-reactive ketones (excluding diaryl/α,β-unsaturated/α-hetero) is 1. The minimum atomic E-state index is -3.38. The highest BCUT2D eigenvalue weighted by Gasteiger charge is 2.32. The summed E-state index contributed by atoms with van der Waals surface area (Å²) in [6.07, 6.45) is 3.15. The monoisotopic (exact) mass is 374 g/mol. The predicted molar refractivity (Wildman–Crippen MR) is 95.8 cm³/mol. The van der Waals surface area contributed by atoms with E-state index < -0.39 is 22.6 Å². The number of sulfonamides is 1. The first kappa shape index (κ1) is 18.1. The quantitative estimate of drug-likeness (QED) is 0.585. The fraction of sp³-hybridized carbons (Fsp3) is 0.278. The van der Waals surface area contributed by atoms with Crippen molar-refractivity contribution in [2.45, 2.75) is 19.4 Å². The molecular formula is C18H18N2O5S. The third-order valence-electron chi connectivity index (χ3n) is 4.12. The van der Waals surface area contributed by atoms with Crippen LogP contribution in [0.1, 0.15) is 33.3 Å². The summed E-state index contributed by atoms with van der Waals surface area (Å²) in [5.41, 5.74) is 1.87. The van der Waals surface area contributed by atoms with Crippen LogP contribution in [0.5, 0.6) is 0 Å². The Morgan fingerprint density at radius 2 is 2.04 bits per heavy atom. The zero-order valence-corrected chi connectivity index (χ0v) is 15.2. The molecule has 1 aliphatic heterocycles. The summed E-state index contributed by atoms with van der Waals surface area (Å²) in [7, 11) is -3.38. The molecule has 7 nitrogen and oxygen atoms in total. The van der Waals surface area contributed by atoms with Gasteiger partial charge in [0.1, 0.15) is 5.69 Å². The molecule has 0 amide bonds. The molecule has 1 atom stereocenters. The maximum Gasteiger partial charge on any atom is 0.357 e. The van der Waals surface area contributed by atoms with Crippen molar-refractivity contribution >= 4 is 27.5 Å². The van der Waals surface area contributed by atoms with Crippen LogP contribution in [-0.2, 0) is 21.2 Å². The number of rotatable bonds is 5. The molecule has 0 fully saturated rings. The average Bonchev–Trinajstić information content (AvgIpc) is 2.95. The molecule has 136 valence electrons. The van der Waals surface area contributed by atoms with Gasteiger partial charge in [-0.1, -0.05) is 6.07 Å². The van der Waals surface area contributed by atoms with Crippen LogP contribution < -0.4 is 4.31 Å². The Morgan fingerprint density at radius 1 is 1.27 bits per heavy atom. The first-order valence-corrected chi connectivity index (χ1v) is 9.86. The molecule has 1 aromatic carbocycles. The van der Waals surface area contributed by atoms with Crippen molar-refractivity contribution in [3.63, 3.8) is 0 Å². The highest BCUT2D eigenvalue weighted by Crippen LogP contribution is 2.34. The SMILES string of the molecule is C[C@H]1Cc2cc(C(=O)COC(=O)c3ccccn3)ccc2N1S(C)(=O)=O. The fourth-order valence-corrected chi connectivity index (χ4v) is 4.32. The lowest BCUT2D eigenvalue weighted by Crippen LogP contribution is -2.34. The minimum absolute atomic E-state index is 0.131. The normalized spacial score (nSPS) is 16.2. The topological polar surface area (TPSA) is 93.6 Å². The van der Waals surface area contributed by atoms with Gasteiger partial charge in [0.15, 0.2) is 12.4 Å². The van der Waals surface area contributed by atoms with E-state index in [-0.39, 0.29) is 17.5 Å². The van der Waals surface area contributed by atoms with E-state index in [1.165, 1.54) is 16.6 Å². The third kappa shape index (κ3) is 3.60. The van der Waals surface area contributed by atoms with Gasteiger partial charge in [0, 0.05) is 17.8 Å². The number of hydrogen-bond acceptors (Lipinski definition) is 6. The number of carbonyl (C=O) groups is 2. The second-order valence-corrected chi connectivity index (χ2v) is 8.03. The molecule has 2 aromatic rings. The van der Waals surface area contributed by atoms with Gasteiger partial charge in [-0.15, -0.1) is 0 Å². The first-order valence-electron chi connectivity index (χ1n) is 8.01. The van der Waals surface area contributed by atoms with Crippen LogP contribution in [0.25, 0.3) is 0 Å². The minimum Gasteiger partial charge on any atom is -0.453 e. The van der Waals surface area contributed by atoms with E-state index in [1.807, 2.05) is 6.92 Å². The number of aromatic nitrogens is 1. The predicted octanol–water partition coefficient (Wildman–Crippen LogP) is 1.83. The summed E-state index contributed by atoms with van der Waals surface area (Å²) < 4.78 is 30.2. The fourth-order valence-electron chi connectivity index (χ4n) is 3.05. The number of anilines is 1. The molecule has 0 saturated heterocycles. The van der Waals surface area contributed by atoms with Crippen molar-refractivity contribution in [2.24, 2.45) is 0 Å². The molecule has 3 rings (SSSR count). The van der Waals surface area contributed by atoms with E-state index in [4.69, 9.17) is 4.74 Å². The van der Waals surface area contributed by atoms with E-state index in [2.05, 4.69) is 4.98 Å². The van der Waals surface area contributed by atoms with Gasteiger partial charge in [-0.25, -0.2) is 18.2 Å². The summed E-state index contributed by atoms with van der Waals surface area (Å²) in [6, 6.07) is 9.46.